The lowest BCUT2D eigenvalue weighted by Crippen LogP contribution is -2.36. The van der Waals surface area contributed by atoms with Crippen LogP contribution in [0.4, 0.5) is 0 Å². The van der Waals surface area contributed by atoms with Crippen LogP contribution in [0.25, 0.3) is 0 Å². The molecule has 1 aliphatic carbocycles. The molecular weight excluding hydrogens is 683 g/mol. The van der Waals surface area contributed by atoms with Crippen LogP contribution in [0.1, 0.15) is 63.1 Å². The number of benzene rings is 4. The van der Waals surface area contributed by atoms with E-state index in [4.69, 9.17) is 14.2 Å². The van der Waals surface area contributed by atoms with E-state index in [1.54, 1.807) is 60.1 Å². The van der Waals surface area contributed by atoms with Gasteiger partial charge in [-0.15, -0.1) is 0 Å². The van der Waals surface area contributed by atoms with E-state index in [0.29, 0.717) is 49.1 Å². The van der Waals surface area contributed by atoms with Crippen molar-refractivity contribution >= 4 is 39.2 Å². The van der Waals surface area contributed by atoms with E-state index in [-0.39, 0.29) is 36.0 Å². The van der Waals surface area contributed by atoms with Crippen LogP contribution in [0.2, 0.25) is 0 Å². The first-order valence-corrected chi connectivity index (χ1v) is 19.7. The van der Waals surface area contributed by atoms with Crippen molar-refractivity contribution in [2.75, 3.05) is 38.9 Å². The Hall–Kier alpha value is -4.09. The Balaban J connectivity index is 1.09. The van der Waals surface area contributed by atoms with E-state index in [2.05, 4.69) is 12.1 Å². The second-order valence-electron chi connectivity index (χ2n) is 12.8. The van der Waals surface area contributed by atoms with Gasteiger partial charge in [0.25, 0.3) is 11.8 Å². The van der Waals surface area contributed by atoms with Crippen molar-refractivity contribution in [1.82, 2.24) is 4.90 Å². The summed E-state index contributed by atoms with van der Waals surface area (Å²) in [6, 6.07) is 32.7. The third-order valence-electron chi connectivity index (χ3n) is 9.78. The summed E-state index contributed by atoms with van der Waals surface area (Å²) < 4.78 is 18.0. The van der Waals surface area contributed by atoms with Crippen molar-refractivity contribution in [2.45, 2.75) is 37.4 Å². The van der Waals surface area contributed by atoms with E-state index >= 15 is 0 Å². The maximum absolute atomic E-state index is 13.6. The molecule has 0 saturated heterocycles. The fraction of sp³-hybridized carbons (Fsp3) is 0.341. The molecule has 2 amide bonds. The van der Waals surface area contributed by atoms with Crippen molar-refractivity contribution in [1.29, 1.82) is 0 Å². The normalized spacial score (nSPS) is 18.6. The zero-order valence-electron chi connectivity index (χ0n) is 28.9. The van der Waals surface area contributed by atoms with Crippen molar-refractivity contribution < 1.29 is 33.7 Å². The van der Waals surface area contributed by atoms with Gasteiger partial charge in [0.2, 0.25) is 0 Å². The van der Waals surface area contributed by atoms with E-state index in [1.165, 1.54) is 4.90 Å². The molecule has 0 bridgehead atoms. The number of aliphatic hydroxyl groups is 1. The van der Waals surface area contributed by atoms with Gasteiger partial charge in [0, 0.05) is 30.4 Å². The van der Waals surface area contributed by atoms with Gasteiger partial charge in [0.15, 0.2) is 0 Å². The smallest absolute Gasteiger partial charge is 0.261 e. The average molecular weight is 726 g/mol. The van der Waals surface area contributed by atoms with Crippen LogP contribution in [0.5, 0.6) is 11.5 Å². The highest BCUT2D eigenvalue weighted by atomic mass is 33.1. The van der Waals surface area contributed by atoms with Gasteiger partial charge in [-0.3, -0.25) is 19.3 Å². The number of Topliss-reactive ketones (excluding diaryl/α,β-unsaturated/α-hetero) is 1. The van der Waals surface area contributed by atoms with Crippen LogP contribution in [0.3, 0.4) is 0 Å². The highest BCUT2D eigenvalue weighted by Crippen LogP contribution is 2.44. The molecule has 4 aromatic carbocycles. The lowest BCUT2D eigenvalue weighted by atomic mass is 9.79. The second kappa shape index (κ2) is 17.0. The minimum Gasteiger partial charge on any atom is -0.497 e. The predicted octanol–water partition coefficient (Wildman–Crippen LogP) is 7.43. The summed E-state index contributed by atoms with van der Waals surface area (Å²) in [6.07, 6.45) is 1.48. The summed E-state index contributed by atoms with van der Waals surface area (Å²) >= 11 is 0. The molecule has 51 heavy (non-hydrogen) atoms. The number of amides is 2. The fourth-order valence-corrected chi connectivity index (χ4v) is 9.20. The zero-order valence-corrected chi connectivity index (χ0v) is 30.5. The molecule has 0 spiro atoms. The number of methoxy groups -OCH3 is 2. The first-order valence-electron chi connectivity index (χ1n) is 17.2. The number of aliphatic hydroxyl groups excluding tert-OH is 1. The van der Waals surface area contributed by atoms with Gasteiger partial charge in [-0.1, -0.05) is 88.3 Å². The summed E-state index contributed by atoms with van der Waals surface area (Å²) in [5.74, 6) is 2.08. The van der Waals surface area contributed by atoms with Crippen LogP contribution in [0.15, 0.2) is 103 Å². The molecule has 4 aromatic rings. The lowest BCUT2D eigenvalue weighted by Gasteiger charge is -2.37. The second-order valence-corrected chi connectivity index (χ2v) is 15.5. The number of nitrogens with zero attached hydrogens (tertiary/aromatic N) is 1. The number of hydrogen-bond donors (Lipinski definition) is 1. The van der Waals surface area contributed by atoms with Gasteiger partial charge in [-0.25, -0.2) is 0 Å². The molecule has 8 nitrogen and oxygen atoms in total. The number of ketones is 1. The molecule has 6 rings (SSSR count). The first kappa shape index (κ1) is 36.7. The van der Waals surface area contributed by atoms with Crippen LogP contribution in [0, 0.1) is 11.8 Å². The Morgan fingerprint density at radius 3 is 1.84 bits per heavy atom. The predicted molar refractivity (Wildman–Crippen MR) is 201 cm³/mol. The Kier molecular flexibility index (Phi) is 12.2. The molecule has 2 aliphatic rings. The van der Waals surface area contributed by atoms with E-state index < -0.39 is 11.7 Å². The molecule has 1 saturated carbocycles. The summed E-state index contributed by atoms with van der Waals surface area (Å²) in [5, 5.41) is 10.8. The Morgan fingerprint density at radius 1 is 0.745 bits per heavy atom. The van der Waals surface area contributed by atoms with Crippen molar-refractivity contribution in [3.63, 3.8) is 0 Å². The Labute approximate surface area is 307 Å². The molecule has 10 heteroatoms. The molecule has 1 heterocycles. The summed E-state index contributed by atoms with van der Waals surface area (Å²) in [7, 11) is 6.52. The van der Waals surface area contributed by atoms with E-state index in [0.717, 1.165) is 33.9 Å². The minimum absolute atomic E-state index is 0.145. The largest absolute Gasteiger partial charge is 0.497 e. The molecular formula is C41H43NO7S2. The molecule has 1 N–H and O–H groups in total. The monoisotopic (exact) mass is 725 g/mol. The van der Waals surface area contributed by atoms with Crippen molar-refractivity contribution in [2.24, 2.45) is 11.8 Å². The molecule has 0 aromatic heterocycles. The number of carbonyl (C=O) groups excluding carboxylic acids is 3. The summed E-state index contributed by atoms with van der Waals surface area (Å²) in [5.41, 5.74) is 2.71. The SMILES string of the molecule is COc1ccc(C(OC[C@@H]2C[C@@H](O)CC2C(=O)CCCSSCCN2C(=O)c3ccccc3C2=O)(c2ccccc2)c2ccc(OC)cc2)cc1. The third-order valence-corrected chi connectivity index (χ3v) is 12.3. The van der Waals surface area contributed by atoms with Gasteiger partial charge in [-0.2, -0.15) is 0 Å². The Morgan fingerprint density at radius 2 is 1.27 bits per heavy atom. The van der Waals surface area contributed by atoms with Crippen LogP contribution in [-0.4, -0.2) is 72.6 Å². The van der Waals surface area contributed by atoms with Crippen LogP contribution >= 0.6 is 21.6 Å². The number of fused-ring (bicyclic) bond motifs is 1. The number of imide groups is 1. The number of ether oxygens (including phenoxy) is 3. The highest BCUT2D eigenvalue weighted by Gasteiger charge is 2.43. The van der Waals surface area contributed by atoms with Gasteiger partial charge in [-0.05, 0) is 78.3 Å². The summed E-state index contributed by atoms with van der Waals surface area (Å²) in [4.78, 5) is 40.1. The summed E-state index contributed by atoms with van der Waals surface area (Å²) in [6.45, 7) is 0.630. The standard InChI is InChI=1S/C41H43NO7S2/c1-47-33-18-14-30(15-19-33)41(29-9-4-3-5-10-29,31-16-20-34(48-2)21-17-31)49-27-28-25-32(43)26-37(28)38(44)13-8-23-50-51-24-22-42-39(45)35-11-6-7-12-36(35)40(42)46/h3-7,9-12,14-21,28,32,37,43H,8,13,22-27H2,1-2H3/t28-,32+,37?/m0/s1. The number of carbonyl (C=O) groups is 3. The third kappa shape index (κ3) is 8.04. The maximum atomic E-state index is 13.6. The van der Waals surface area contributed by atoms with Crippen LogP contribution < -0.4 is 9.47 Å². The molecule has 1 unspecified atom stereocenters. The van der Waals surface area contributed by atoms with E-state index in [1.807, 2.05) is 66.7 Å². The fourth-order valence-electron chi connectivity index (χ4n) is 7.16. The van der Waals surface area contributed by atoms with Gasteiger partial charge in [0.1, 0.15) is 22.9 Å². The lowest BCUT2D eigenvalue weighted by molar-refractivity contribution is -0.125. The average Bonchev–Trinajstić information content (AvgIpc) is 3.67. The van der Waals surface area contributed by atoms with E-state index in [9.17, 15) is 19.5 Å². The van der Waals surface area contributed by atoms with Crippen LogP contribution in [-0.2, 0) is 15.1 Å². The maximum Gasteiger partial charge on any atom is 0.261 e. The number of rotatable bonds is 17. The highest BCUT2D eigenvalue weighted by molar-refractivity contribution is 8.76. The van der Waals surface area contributed by atoms with Crippen molar-refractivity contribution in [3.05, 3.63) is 131 Å². The van der Waals surface area contributed by atoms with Crippen molar-refractivity contribution in [3.8, 4) is 11.5 Å². The zero-order chi connectivity index (χ0) is 35.8. The van der Waals surface area contributed by atoms with Gasteiger partial charge in [0.05, 0.1) is 38.1 Å². The molecule has 3 atom stereocenters. The topological polar surface area (TPSA) is 102 Å². The quantitative estimate of drug-likeness (QED) is 0.0516. The van der Waals surface area contributed by atoms with Gasteiger partial charge >= 0.3 is 0 Å². The molecule has 1 fully saturated rings. The molecule has 266 valence electrons. The number of hydrogen-bond acceptors (Lipinski definition) is 9. The van der Waals surface area contributed by atoms with Gasteiger partial charge < -0.3 is 19.3 Å². The first-order chi connectivity index (χ1) is 24.8. The molecule has 1 aliphatic heterocycles. The minimum atomic E-state index is -0.998. The Bertz CT molecular complexity index is 1720. The molecule has 0 radical (unpaired) electrons.